The molecule has 0 heterocycles. The first kappa shape index (κ1) is 14.5. The van der Waals surface area contributed by atoms with Crippen LogP contribution in [0.2, 0.25) is 0 Å². The molecule has 0 saturated heterocycles. The molecule has 2 aromatic rings. The Morgan fingerprint density at radius 1 is 1.15 bits per heavy atom. The van der Waals surface area contributed by atoms with Gasteiger partial charge < -0.3 is 9.84 Å². The molecule has 0 aliphatic rings. The van der Waals surface area contributed by atoms with E-state index in [1.165, 1.54) is 12.1 Å². The third kappa shape index (κ3) is 3.17. The standard InChI is InChI=1S/C17H19FO2/c1-12-4-7-15(18)10-13(12)11-17(2,19)14-5-8-16(20-3)9-6-14/h4-10,19H,11H2,1-3H3. The largest absolute Gasteiger partial charge is 0.497 e. The van der Waals surface area contributed by atoms with Crippen molar-refractivity contribution in [1.29, 1.82) is 0 Å². The zero-order valence-electron chi connectivity index (χ0n) is 12.0. The predicted molar refractivity (Wildman–Crippen MR) is 77.4 cm³/mol. The predicted octanol–water partition coefficient (Wildman–Crippen LogP) is 3.59. The normalized spacial score (nSPS) is 13.8. The second-order valence-corrected chi connectivity index (χ2v) is 5.25. The van der Waals surface area contributed by atoms with Gasteiger partial charge in [-0.3, -0.25) is 0 Å². The Labute approximate surface area is 118 Å². The molecular weight excluding hydrogens is 255 g/mol. The van der Waals surface area contributed by atoms with Gasteiger partial charge in [0, 0.05) is 6.42 Å². The highest BCUT2D eigenvalue weighted by atomic mass is 19.1. The highest BCUT2D eigenvalue weighted by Crippen LogP contribution is 2.28. The fraction of sp³-hybridized carbons (Fsp3) is 0.294. The lowest BCUT2D eigenvalue weighted by molar-refractivity contribution is 0.0573. The van der Waals surface area contributed by atoms with Crippen LogP contribution in [0.1, 0.15) is 23.6 Å². The van der Waals surface area contributed by atoms with Crippen molar-refractivity contribution in [2.75, 3.05) is 7.11 Å². The minimum Gasteiger partial charge on any atom is -0.497 e. The van der Waals surface area contributed by atoms with Gasteiger partial charge in [-0.1, -0.05) is 18.2 Å². The zero-order chi connectivity index (χ0) is 14.8. The fourth-order valence-electron chi connectivity index (χ4n) is 2.25. The topological polar surface area (TPSA) is 29.5 Å². The number of hydrogen-bond donors (Lipinski definition) is 1. The van der Waals surface area contributed by atoms with Crippen LogP contribution >= 0.6 is 0 Å². The summed E-state index contributed by atoms with van der Waals surface area (Å²) in [6.45, 7) is 3.65. The van der Waals surface area contributed by atoms with Crippen molar-refractivity contribution in [1.82, 2.24) is 0 Å². The molecule has 2 nitrogen and oxygen atoms in total. The van der Waals surface area contributed by atoms with E-state index in [0.29, 0.717) is 6.42 Å². The molecule has 0 radical (unpaired) electrons. The molecule has 0 aromatic heterocycles. The van der Waals surface area contributed by atoms with Gasteiger partial charge in [-0.2, -0.15) is 0 Å². The SMILES string of the molecule is COc1ccc(C(C)(O)Cc2cc(F)ccc2C)cc1. The fourth-order valence-corrected chi connectivity index (χ4v) is 2.25. The van der Waals surface area contributed by atoms with E-state index in [4.69, 9.17) is 4.74 Å². The number of benzene rings is 2. The summed E-state index contributed by atoms with van der Waals surface area (Å²) in [6.07, 6.45) is 0.364. The number of halogens is 1. The number of rotatable bonds is 4. The van der Waals surface area contributed by atoms with Gasteiger partial charge in [0.25, 0.3) is 0 Å². The van der Waals surface area contributed by atoms with Crippen LogP contribution in [0.3, 0.4) is 0 Å². The first-order valence-corrected chi connectivity index (χ1v) is 6.54. The van der Waals surface area contributed by atoms with Crippen molar-refractivity contribution in [3.8, 4) is 5.75 Å². The number of aryl methyl sites for hydroxylation is 1. The zero-order valence-corrected chi connectivity index (χ0v) is 12.0. The van der Waals surface area contributed by atoms with Crippen LogP contribution < -0.4 is 4.74 Å². The van der Waals surface area contributed by atoms with Gasteiger partial charge >= 0.3 is 0 Å². The summed E-state index contributed by atoms with van der Waals surface area (Å²) in [5, 5.41) is 10.7. The van der Waals surface area contributed by atoms with Crippen LogP contribution in [0.5, 0.6) is 5.75 Å². The molecule has 0 amide bonds. The van der Waals surface area contributed by atoms with Crippen molar-refractivity contribution < 1.29 is 14.2 Å². The Hall–Kier alpha value is -1.87. The van der Waals surface area contributed by atoms with E-state index in [9.17, 15) is 9.50 Å². The number of ether oxygens (including phenoxy) is 1. The van der Waals surface area contributed by atoms with Gasteiger partial charge in [0.2, 0.25) is 0 Å². The van der Waals surface area contributed by atoms with Crippen molar-refractivity contribution in [2.45, 2.75) is 25.9 Å². The quantitative estimate of drug-likeness (QED) is 0.923. The molecule has 1 N–H and O–H groups in total. The van der Waals surface area contributed by atoms with Gasteiger partial charge in [0.1, 0.15) is 11.6 Å². The lowest BCUT2D eigenvalue weighted by Crippen LogP contribution is -2.24. The molecule has 0 aliphatic heterocycles. The molecule has 1 unspecified atom stereocenters. The Balaban J connectivity index is 2.27. The second kappa shape index (κ2) is 5.63. The molecule has 0 spiro atoms. The van der Waals surface area contributed by atoms with Crippen LogP contribution in [-0.2, 0) is 12.0 Å². The van der Waals surface area contributed by atoms with Crippen LogP contribution in [0.15, 0.2) is 42.5 Å². The van der Waals surface area contributed by atoms with Gasteiger partial charge in [-0.05, 0) is 54.8 Å². The lowest BCUT2D eigenvalue weighted by atomic mass is 9.87. The maximum absolute atomic E-state index is 13.3. The van der Waals surface area contributed by atoms with Crippen LogP contribution in [-0.4, -0.2) is 12.2 Å². The maximum atomic E-state index is 13.3. The summed E-state index contributed by atoms with van der Waals surface area (Å²) in [4.78, 5) is 0. The van der Waals surface area contributed by atoms with Crippen molar-refractivity contribution >= 4 is 0 Å². The van der Waals surface area contributed by atoms with Gasteiger partial charge in [-0.25, -0.2) is 4.39 Å². The summed E-state index contributed by atoms with van der Waals surface area (Å²) in [5.41, 5.74) is 1.51. The summed E-state index contributed by atoms with van der Waals surface area (Å²) < 4.78 is 18.4. The summed E-state index contributed by atoms with van der Waals surface area (Å²) in [6, 6.07) is 11.9. The molecule has 0 saturated carbocycles. The molecule has 1 atom stereocenters. The van der Waals surface area contributed by atoms with Crippen LogP contribution in [0.4, 0.5) is 4.39 Å². The molecule has 106 valence electrons. The Kier molecular flexibility index (Phi) is 4.09. The smallest absolute Gasteiger partial charge is 0.123 e. The second-order valence-electron chi connectivity index (χ2n) is 5.25. The molecular formula is C17H19FO2. The Morgan fingerprint density at radius 3 is 2.40 bits per heavy atom. The third-order valence-electron chi connectivity index (χ3n) is 3.56. The monoisotopic (exact) mass is 274 g/mol. The van der Waals surface area contributed by atoms with Gasteiger partial charge in [-0.15, -0.1) is 0 Å². The van der Waals surface area contributed by atoms with Crippen molar-refractivity contribution in [3.63, 3.8) is 0 Å². The van der Waals surface area contributed by atoms with E-state index in [1.807, 2.05) is 31.2 Å². The van der Waals surface area contributed by atoms with E-state index < -0.39 is 5.60 Å². The molecule has 0 fully saturated rings. The number of hydrogen-bond acceptors (Lipinski definition) is 2. The Bertz CT molecular complexity index is 588. The highest BCUT2D eigenvalue weighted by Gasteiger charge is 2.24. The average Bonchev–Trinajstić information content (AvgIpc) is 2.43. The van der Waals surface area contributed by atoms with E-state index in [2.05, 4.69) is 0 Å². The average molecular weight is 274 g/mol. The Morgan fingerprint density at radius 2 is 1.80 bits per heavy atom. The number of methoxy groups -OCH3 is 1. The molecule has 0 aliphatic carbocycles. The van der Waals surface area contributed by atoms with Crippen LogP contribution in [0, 0.1) is 12.7 Å². The molecule has 3 heteroatoms. The summed E-state index contributed by atoms with van der Waals surface area (Å²) in [5.74, 6) is 0.461. The number of aliphatic hydroxyl groups is 1. The van der Waals surface area contributed by atoms with Gasteiger partial charge in [0.05, 0.1) is 12.7 Å². The first-order valence-electron chi connectivity index (χ1n) is 6.54. The minimum atomic E-state index is -1.05. The summed E-state index contributed by atoms with van der Waals surface area (Å²) >= 11 is 0. The molecule has 20 heavy (non-hydrogen) atoms. The molecule has 0 bridgehead atoms. The van der Waals surface area contributed by atoms with E-state index >= 15 is 0 Å². The van der Waals surface area contributed by atoms with Crippen LogP contribution in [0.25, 0.3) is 0 Å². The minimum absolute atomic E-state index is 0.281. The maximum Gasteiger partial charge on any atom is 0.123 e. The third-order valence-corrected chi connectivity index (χ3v) is 3.56. The first-order chi connectivity index (χ1) is 9.42. The van der Waals surface area contributed by atoms with Gasteiger partial charge in [0.15, 0.2) is 0 Å². The molecule has 2 rings (SSSR count). The van der Waals surface area contributed by atoms with E-state index in [1.54, 1.807) is 20.1 Å². The van der Waals surface area contributed by atoms with E-state index in [-0.39, 0.29) is 5.82 Å². The van der Waals surface area contributed by atoms with E-state index in [0.717, 1.165) is 22.4 Å². The lowest BCUT2D eigenvalue weighted by Gasteiger charge is -2.25. The van der Waals surface area contributed by atoms with Crippen molar-refractivity contribution in [3.05, 3.63) is 65.0 Å². The van der Waals surface area contributed by atoms with Crippen molar-refractivity contribution in [2.24, 2.45) is 0 Å². The summed E-state index contributed by atoms with van der Waals surface area (Å²) in [7, 11) is 1.60. The molecule has 2 aromatic carbocycles. The highest BCUT2D eigenvalue weighted by molar-refractivity contribution is 5.34.